The molecule has 1 atom stereocenters. The van der Waals surface area contributed by atoms with Crippen LogP contribution < -0.4 is 17.0 Å². The normalized spacial score (nSPS) is 12.6. The van der Waals surface area contributed by atoms with Crippen LogP contribution in [0.15, 0.2) is 22.7 Å². The summed E-state index contributed by atoms with van der Waals surface area (Å²) in [5.74, 6) is 5.72. The molecule has 2 rings (SSSR count). The second-order valence-corrected chi connectivity index (χ2v) is 6.17. The molecule has 0 spiro atoms. The van der Waals surface area contributed by atoms with Crippen LogP contribution in [-0.4, -0.2) is 9.78 Å². The Kier molecular flexibility index (Phi) is 5.27. The third-order valence-corrected chi connectivity index (χ3v) is 4.46. The number of hydrogen-bond acceptors (Lipinski definition) is 4. The first-order valence-electron chi connectivity index (χ1n) is 6.69. The van der Waals surface area contributed by atoms with Gasteiger partial charge in [-0.15, -0.1) is 0 Å². The largest absolute Gasteiger partial charge is 0.398 e. The fraction of sp³-hybridized carbons (Fsp3) is 0.357. The number of nitrogens with two attached hydrogens (primary N) is 2. The summed E-state index contributed by atoms with van der Waals surface area (Å²) in [6.07, 6.45) is 1.41. The molecule has 0 bridgehead atoms. The maximum atomic E-state index is 6.40. The van der Waals surface area contributed by atoms with Gasteiger partial charge in [-0.3, -0.25) is 16.0 Å². The third kappa shape index (κ3) is 3.40. The van der Waals surface area contributed by atoms with E-state index in [4.69, 9.17) is 23.2 Å². The highest BCUT2D eigenvalue weighted by Crippen LogP contribution is 2.30. The summed E-state index contributed by atoms with van der Waals surface area (Å²) in [6.45, 7) is 2.03. The van der Waals surface area contributed by atoms with Crippen molar-refractivity contribution in [2.45, 2.75) is 25.8 Å². The van der Waals surface area contributed by atoms with E-state index in [-0.39, 0.29) is 6.04 Å². The topological polar surface area (TPSA) is 81.9 Å². The summed E-state index contributed by atoms with van der Waals surface area (Å²) in [7, 11) is 1.89. The molecule has 21 heavy (non-hydrogen) atoms. The van der Waals surface area contributed by atoms with Crippen molar-refractivity contribution >= 4 is 33.2 Å². The lowest BCUT2D eigenvalue weighted by Crippen LogP contribution is -2.30. The number of nitrogen functional groups attached to an aromatic ring is 1. The molecule has 0 radical (unpaired) electrons. The molecule has 5 N–H and O–H groups in total. The Labute approximate surface area is 137 Å². The number of aryl methyl sites for hydroxylation is 2. The van der Waals surface area contributed by atoms with Gasteiger partial charge < -0.3 is 5.73 Å². The Morgan fingerprint density at radius 2 is 2.19 bits per heavy atom. The second kappa shape index (κ2) is 6.79. The van der Waals surface area contributed by atoms with Crippen LogP contribution in [0, 0.1) is 0 Å². The SMILES string of the molecule is CCc1nn(C)c(CC(NN)c2cc(Br)ccc2N)c1Cl. The number of halogens is 2. The lowest BCUT2D eigenvalue weighted by molar-refractivity contribution is 0.531. The Hall–Kier alpha value is -1.08. The third-order valence-electron chi connectivity index (χ3n) is 3.53. The predicted octanol–water partition coefficient (Wildman–Crippen LogP) is 2.73. The van der Waals surface area contributed by atoms with Gasteiger partial charge in [0.05, 0.1) is 22.5 Å². The first-order valence-corrected chi connectivity index (χ1v) is 7.86. The molecule has 1 heterocycles. The zero-order valence-electron chi connectivity index (χ0n) is 12.0. The molecule has 5 nitrogen and oxygen atoms in total. The van der Waals surface area contributed by atoms with Gasteiger partial charge in [0.25, 0.3) is 0 Å². The molecule has 1 aromatic carbocycles. The quantitative estimate of drug-likeness (QED) is 0.428. The molecule has 0 amide bonds. The van der Waals surface area contributed by atoms with E-state index < -0.39 is 0 Å². The number of rotatable bonds is 5. The Bertz CT molecular complexity index is 641. The zero-order chi connectivity index (χ0) is 15.6. The summed E-state index contributed by atoms with van der Waals surface area (Å²) >= 11 is 9.85. The van der Waals surface area contributed by atoms with E-state index in [1.54, 1.807) is 4.68 Å². The van der Waals surface area contributed by atoms with Crippen LogP contribution >= 0.6 is 27.5 Å². The fourth-order valence-electron chi connectivity index (χ4n) is 2.34. The summed E-state index contributed by atoms with van der Waals surface area (Å²) in [6, 6.07) is 5.58. The van der Waals surface area contributed by atoms with Crippen LogP contribution in [0.1, 0.15) is 29.9 Å². The average molecular weight is 373 g/mol. The minimum Gasteiger partial charge on any atom is -0.398 e. The van der Waals surface area contributed by atoms with Crippen molar-refractivity contribution in [2.24, 2.45) is 12.9 Å². The number of benzene rings is 1. The molecule has 0 aliphatic rings. The van der Waals surface area contributed by atoms with E-state index >= 15 is 0 Å². The van der Waals surface area contributed by atoms with Gasteiger partial charge in [-0.25, -0.2) is 0 Å². The van der Waals surface area contributed by atoms with Crippen molar-refractivity contribution in [1.29, 1.82) is 0 Å². The van der Waals surface area contributed by atoms with Crippen LogP contribution in [0.25, 0.3) is 0 Å². The fourth-order valence-corrected chi connectivity index (χ4v) is 3.09. The van der Waals surface area contributed by atoms with Gasteiger partial charge in [-0.2, -0.15) is 5.10 Å². The van der Waals surface area contributed by atoms with Crippen molar-refractivity contribution in [3.8, 4) is 0 Å². The van der Waals surface area contributed by atoms with Gasteiger partial charge in [-0.1, -0.05) is 34.5 Å². The van der Waals surface area contributed by atoms with E-state index in [0.29, 0.717) is 17.1 Å². The van der Waals surface area contributed by atoms with E-state index in [0.717, 1.165) is 27.8 Å². The molecule has 0 fully saturated rings. The minimum absolute atomic E-state index is 0.139. The Morgan fingerprint density at radius 1 is 1.48 bits per heavy atom. The molecule has 0 aliphatic carbocycles. The molecular formula is C14H19BrClN5. The highest BCUT2D eigenvalue weighted by atomic mass is 79.9. The number of hydrazine groups is 1. The van der Waals surface area contributed by atoms with E-state index in [9.17, 15) is 0 Å². The monoisotopic (exact) mass is 371 g/mol. The van der Waals surface area contributed by atoms with E-state index in [1.807, 2.05) is 32.2 Å². The van der Waals surface area contributed by atoms with Crippen molar-refractivity contribution < 1.29 is 0 Å². The number of aromatic nitrogens is 2. The first kappa shape index (κ1) is 16.3. The molecule has 114 valence electrons. The van der Waals surface area contributed by atoms with Gasteiger partial charge >= 0.3 is 0 Å². The van der Waals surface area contributed by atoms with Crippen LogP contribution in [0.3, 0.4) is 0 Å². The molecule has 7 heteroatoms. The molecule has 1 aromatic heterocycles. The molecule has 0 saturated heterocycles. The summed E-state index contributed by atoms with van der Waals surface area (Å²) in [4.78, 5) is 0. The number of anilines is 1. The lowest BCUT2D eigenvalue weighted by atomic mass is 10.0. The summed E-state index contributed by atoms with van der Waals surface area (Å²) in [5, 5.41) is 5.13. The van der Waals surface area contributed by atoms with Gasteiger partial charge in [-0.05, 0) is 30.2 Å². The second-order valence-electron chi connectivity index (χ2n) is 4.88. The zero-order valence-corrected chi connectivity index (χ0v) is 14.4. The van der Waals surface area contributed by atoms with Crippen LogP contribution in [-0.2, 0) is 19.9 Å². The number of nitrogens with one attached hydrogen (secondary N) is 1. The van der Waals surface area contributed by atoms with Crippen LogP contribution in [0.5, 0.6) is 0 Å². The molecule has 2 aromatic rings. The molecular weight excluding hydrogens is 354 g/mol. The van der Waals surface area contributed by atoms with Gasteiger partial charge in [0.1, 0.15) is 0 Å². The smallest absolute Gasteiger partial charge is 0.0850 e. The Morgan fingerprint density at radius 3 is 2.76 bits per heavy atom. The Balaban J connectivity index is 2.36. The van der Waals surface area contributed by atoms with E-state index in [2.05, 4.69) is 26.5 Å². The molecule has 0 saturated carbocycles. The highest BCUT2D eigenvalue weighted by molar-refractivity contribution is 9.10. The first-order chi connectivity index (χ1) is 9.97. The average Bonchev–Trinajstić information content (AvgIpc) is 2.74. The summed E-state index contributed by atoms with van der Waals surface area (Å²) in [5.41, 5.74) is 12.3. The van der Waals surface area contributed by atoms with Crippen LogP contribution in [0.2, 0.25) is 5.02 Å². The van der Waals surface area contributed by atoms with Gasteiger partial charge in [0.2, 0.25) is 0 Å². The maximum Gasteiger partial charge on any atom is 0.0850 e. The van der Waals surface area contributed by atoms with Crippen LogP contribution in [0.4, 0.5) is 5.69 Å². The minimum atomic E-state index is -0.139. The number of nitrogens with zero attached hydrogens (tertiary/aromatic N) is 2. The van der Waals surface area contributed by atoms with E-state index in [1.165, 1.54) is 0 Å². The van der Waals surface area contributed by atoms with Crippen molar-refractivity contribution in [2.75, 3.05) is 5.73 Å². The highest BCUT2D eigenvalue weighted by Gasteiger charge is 2.20. The number of hydrogen-bond donors (Lipinski definition) is 3. The van der Waals surface area contributed by atoms with Gasteiger partial charge in [0.15, 0.2) is 0 Å². The lowest BCUT2D eigenvalue weighted by Gasteiger charge is -2.19. The van der Waals surface area contributed by atoms with Gasteiger partial charge in [0, 0.05) is 23.6 Å². The summed E-state index contributed by atoms with van der Waals surface area (Å²) < 4.78 is 2.76. The standard InChI is InChI=1S/C14H19BrClN5/c1-3-11-14(16)13(21(2)20-11)7-12(19-18)9-6-8(15)4-5-10(9)17/h4-6,12,19H,3,7,17-18H2,1-2H3. The molecule has 1 unspecified atom stereocenters. The molecule has 0 aliphatic heterocycles. The van der Waals surface area contributed by atoms with Crippen molar-refractivity contribution in [1.82, 2.24) is 15.2 Å². The van der Waals surface area contributed by atoms with Crippen molar-refractivity contribution in [3.05, 3.63) is 44.6 Å². The predicted molar refractivity (Wildman–Crippen MR) is 89.9 cm³/mol. The maximum absolute atomic E-state index is 6.40. The van der Waals surface area contributed by atoms with Crippen molar-refractivity contribution in [3.63, 3.8) is 0 Å².